The molecule has 1 aliphatic heterocycles. The highest BCUT2D eigenvalue weighted by Gasteiger charge is 2.17. The number of nitrogens with zero attached hydrogens (tertiary/aromatic N) is 1. The normalized spacial score (nSPS) is 21.1. The second-order valence-corrected chi connectivity index (χ2v) is 4.41. The third-order valence-corrected chi connectivity index (χ3v) is 2.90. The van der Waals surface area contributed by atoms with Crippen LogP contribution in [-0.2, 0) is 0 Å². The van der Waals surface area contributed by atoms with Gasteiger partial charge in [-0.1, -0.05) is 11.6 Å². The summed E-state index contributed by atoms with van der Waals surface area (Å²) in [6.45, 7) is 1.91. The van der Waals surface area contributed by atoms with Gasteiger partial charge in [-0.05, 0) is 28.9 Å². The summed E-state index contributed by atoms with van der Waals surface area (Å²) in [6, 6.07) is 1.73. The quantitative estimate of drug-likeness (QED) is 0.842. The monoisotopic (exact) mass is 276 g/mol. The van der Waals surface area contributed by atoms with Crippen molar-refractivity contribution in [3.8, 4) is 5.75 Å². The van der Waals surface area contributed by atoms with Crippen LogP contribution >= 0.6 is 27.5 Å². The second kappa shape index (κ2) is 4.47. The Kier molecular flexibility index (Phi) is 3.26. The number of pyridine rings is 1. The largest absolute Gasteiger partial charge is 0.488 e. The van der Waals surface area contributed by atoms with E-state index in [-0.39, 0.29) is 6.10 Å². The molecular weight excluding hydrogens is 267 g/mol. The zero-order valence-corrected chi connectivity index (χ0v) is 9.81. The molecule has 3 nitrogen and oxygen atoms in total. The summed E-state index contributed by atoms with van der Waals surface area (Å²) in [6.07, 6.45) is 2.93. The van der Waals surface area contributed by atoms with Crippen molar-refractivity contribution in [2.24, 2.45) is 0 Å². The molecule has 1 fully saturated rings. The molecule has 1 aliphatic rings. The summed E-state index contributed by atoms with van der Waals surface area (Å²) >= 11 is 9.15. The van der Waals surface area contributed by atoms with Crippen molar-refractivity contribution < 1.29 is 4.74 Å². The zero-order valence-electron chi connectivity index (χ0n) is 7.46. The molecule has 76 valence electrons. The van der Waals surface area contributed by atoms with Crippen LogP contribution in [0.3, 0.4) is 0 Å². The highest BCUT2D eigenvalue weighted by atomic mass is 79.9. The molecule has 0 aromatic carbocycles. The van der Waals surface area contributed by atoms with Crippen molar-refractivity contribution in [1.29, 1.82) is 0 Å². The molecule has 1 aromatic heterocycles. The fourth-order valence-electron chi connectivity index (χ4n) is 1.39. The number of halogens is 2. The van der Waals surface area contributed by atoms with E-state index in [0.717, 1.165) is 29.7 Å². The van der Waals surface area contributed by atoms with E-state index < -0.39 is 0 Å². The summed E-state index contributed by atoms with van der Waals surface area (Å²) in [5.41, 5.74) is 0. The minimum atomic E-state index is 0.241. The number of rotatable bonds is 2. The molecule has 1 N–H and O–H groups in total. The fraction of sp³-hybridized carbons (Fsp3) is 0.444. The molecule has 1 atom stereocenters. The molecule has 2 rings (SSSR count). The summed E-state index contributed by atoms with van der Waals surface area (Å²) in [7, 11) is 0. The topological polar surface area (TPSA) is 34.1 Å². The fourth-order valence-corrected chi connectivity index (χ4v) is 1.85. The lowest BCUT2D eigenvalue weighted by atomic mass is 10.3. The van der Waals surface area contributed by atoms with Crippen LogP contribution in [0.15, 0.2) is 16.7 Å². The Bertz CT molecular complexity index is 329. The highest BCUT2D eigenvalue weighted by molar-refractivity contribution is 9.10. The number of aromatic nitrogens is 1. The SMILES string of the molecule is Clc1cc(OC2CCNC2)c(Br)cn1. The summed E-state index contributed by atoms with van der Waals surface area (Å²) in [5.74, 6) is 0.763. The molecule has 0 saturated carbocycles. The molecule has 5 heteroatoms. The maximum Gasteiger partial charge on any atom is 0.138 e. The van der Waals surface area contributed by atoms with Crippen LogP contribution < -0.4 is 10.1 Å². The standard InChI is InChI=1S/C9H10BrClN2O/c10-7-5-13-9(11)3-8(7)14-6-1-2-12-4-6/h3,5-6,12H,1-2,4H2. The van der Waals surface area contributed by atoms with E-state index in [4.69, 9.17) is 16.3 Å². The Morgan fingerprint density at radius 2 is 2.50 bits per heavy atom. The molecule has 0 bridgehead atoms. The van der Waals surface area contributed by atoms with Gasteiger partial charge in [0.05, 0.1) is 4.47 Å². The Labute approximate surface area is 95.9 Å². The van der Waals surface area contributed by atoms with Crippen LogP contribution in [0.2, 0.25) is 5.15 Å². The van der Waals surface area contributed by atoms with Crippen molar-refractivity contribution in [1.82, 2.24) is 10.3 Å². The second-order valence-electron chi connectivity index (χ2n) is 3.17. The first-order valence-corrected chi connectivity index (χ1v) is 5.61. The molecule has 0 aliphatic carbocycles. The van der Waals surface area contributed by atoms with Gasteiger partial charge in [-0.25, -0.2) is 4.98 Å². The van der Waals surface area contributed by atoms with E-state index in [0.29, 0.717) is 5.15 Å². The minimum Gasteiger partial charge on any atom is -0.488 e. The van der Waals surface area contributed by atoms with Gasteiger partial charge >= 0.3 is 0 Å². The summed E-state index contributed by atoms with van der Waals surface area (Å²) in [4.78, 5) is 3.94. The maximum atomic E-state index is 5.77. The number of hydrogen-bond donors (Lipinski definition) is 1. The van der Waals surface area contributed by atoms with Crippen LogP contribution in [0, 0.1) is 0 Å². The van der Waals surface area contributed by atoms with Gasteiger partial charge in [0.25, 0.3) is 0 Å². The van der Waals surface area contributed by atoms with Gasteiger partial charge < -0.3 is 10.1 Å². The van der Waals surface area contributed by atoms with Gasteiger partial charge in [-0.15, -0.1) is 0 Å². The summed E-state index contributed by atoms with van der Waals surface area (Å²) in [5, 5.41) is 3.69. The Balaban J connectivity index is 2.10. The molecule has 1 saturated heterocycles. The summed E-state index contributed by atoms with van der Waals surface area (Å²) < 4.78 is 6.59. The van der Waals surface area contributed by atoms with E-state index in [1.165, 1.54) is 0 Å². The van der Waals surface area contributed by atoms with Gasteiger partial charge in [0.2, 0.25) is 0 Å². The van der Waals surface area contributed by atoms with E-state index in [1.54, 1.807) is 12.3 Å². The minimum absolute atomic E-state index is 0.241. The van der Waals surface area contributed by atoms with E-state index >= 15 is 0 Å². The van der Waals surface area contributed by atoms with Gasteiger partial charge in [0.15, 0.2) is 0 Å². The third kappa shape index (κ3) is 2.38. The van der Waals surface area contributed by atoms with Crippen LogP contribution in [0.4, 0.5) is 0 Å². The number of ether oxygens (including phenoxy) is 1. The highest BCUT2D eigenvalue weighted by Crippen LogP contribution is 2.27. The Morgan fingerprint density at radius 3 is 3.21 bits per heavy atom. The van der Waals surface area contributed by atoms with Crippen LogP contribution in [0.25, 0.3) is 0 Å². The van der Waals surface area contributed by atoms with Crippen molar-refractivity contribution in [2.45, 2.75) is 12.5 Å². The zero-order chi connectivity index (χ0) is 9.97. The van der Waals surface area contributed by atoms with Crippen molar-refractivity contribution in [2.75, 3.05) is 13.1 Å². The van der Waals surface area contributed by atoms with Gasteiger partial charge in [-0.3, -0.25) is 0 Å². The maximum absolute atomic E-state index is 5.77. The molecular formula is C9H10BrClN2O. The van der Waals surface area contributed by atoms with E-state index in [9.17, 15) is 0 Å². The number of hydrogen-bond acceptors (Lipinski definition) is 3. The van der Waals surface area contributed by atoms with Crippen LogP contribution in [0.5, 0.6) is 5.75 Å². The van der Waals surface area contributed by atoms with Gasteiger partial charge in [-0.2, -0.15) is 0 Å². The van der Waals surface area contributed by atoms with Crippen molar-refractivity contribution >= 4 is 27.5 Å². The van der Waals surface area contributed by atoms with E-state index in [2.05, 4.69) is 26.2 Å². The van der Waals surface area contributed by atoms with Gasteiger partial charge in [0.1, 0.15) is 17.0 Å². The Hall–Kier alpha value is -0.320. The molecule has 1 aromatic rings. The lowest BCUT2D eigenvalue weighted by Gasteiger charge is -2.13. The van der Waals surface area contributed by atoms with Crippen LogP contribution in [0.1, 0.15) is 6.42 Å². The first-order chi connectivity index (χ1) is 6.75. The lowest BCUT2D eigenvalue weighted by Crippen LogP contribution is -2.19. The van der Waals surface area contributed by atoms with E-state index in [1.807, 2.05) is 0 Å². The van der Waals surface area contributed by atoms with Crippen molar-refractivity contribution in [3.63, 3.8) is 0 Å². The molecule has 14 heavy (non-hydrogen) atoms. The lowest BCUT2D eigenvalue weighted by molar-refractivity contribution is 0.221. The van der Waals surface area contributed by atoms with Crippen molar-refractivity contribution in [3.05, 3.63) is 21.9 Å². The Morgan fingerprint density at radius 1 is 1.64 bits per heavy atom. The van der Waals surface area contributed by atoms with Gasteiger partial charge in [0, 0.05) is 18.8 Å². The smallest absolute Gasteiger partial charge is 0.138 e. The molecule has 0 amide bonds. The van der Waals surface area contributed by atoms with Crippen LogP contribution in [-0.4, -0.2) is 24.2 Å². The molecule has 0 spiro atoms. The third-order valence-electron chi connectivity index (χ3n) is 2.10. The molecule has 0 radical (unpaired) electrons. The molecule has 2 heterocycles. The first kappa shape index (κ1) is 10.2. The predicted octanol–water partition coefficient (Wildman–Crippen LogP) is 2.24. The number of nitrogens with one attached hydrogen (secondary N) is 1. The first-order valence-electron chi connectivity index (χ1n) is 4.44. The average Bonchev–Trinajstić information content (AvgIpc) is 2.64. The average molecular weight is 278 g/mol. The predicted molar refractivity (Wildman–Crippen MR) is 58.8 cm³/mol. The molecule has 1 unspecified atom stereocenters.